The van der Waals surface area contributed by atoms with Crippen molar-refractivity contribution in [1.29, 1.82) is 0 Å². The Morgan fingerprint density at radius 1 is 1.18 bits per heavy atom. The third kappa shape index (κ3) is 3.73. The van der Waals surface area contributed by atoms with Crippen molar-refractivity contribution in [3.63, 3.8) is 0 Å². The van der Waals surface area contributed by atoms with Crippen molar-refractivity contribution < 1.29 is 0 Å². The number of hydrogen-bond acceptors (Lipinski definition) is 4. The number of rotatable bonds is 2. The highest BCUT2D eigenvalue weighted by atomic mass is 35.5. The first kappa shape index (κ1) is 12.4. The lowest BCUT2D eigenvalue weighted by atomic mass is 9.97. The molecule has 1 aliphatic rings. The molecule has 0 atom stereocenters. The second-order valence-electron chi connectivity index (χ2n) is 4.63. The fourth-order valence-corrected chi connectivity index (χ4v) is 2.41. The van der Waals surface area contributed by atoms with E-state index in [1.165, 1.54) is 44.9 Å². The van der Waals surface area contributed by atoms with Gasteiger partial charge >= 0.3 is 0 Å². The number of halogens is 1. The molecule has 94 valence electrons. The number of anilines is 2. The Balaban J connectivity index is 2.00. The van der Waals surface area contributed by atoms with Crippen LogP contribution in [0.4, 0.5) is 11.5 Å². The zero-order valence-electron chi connectivity index (χ0n) is 9.95. The summed E-state index contributed by atoms with van der Waals surface area (Å²) in [6.45, 7) is 0. The summed E-state index contributed by atoms with van der Waals surface area (Å²) < 4.78 is 0. The van der Waals surface area contributed by atoms with Gasteiger partial charge in [0.2, 0.25) is 5.28 Å². The van der Waals surface area contributed by atoms with Crippen LogP contribution in [0.2, 0.25) is 5.28 Å². The van der Waals surface area contributed by atoms with E-state index in [1.54, 1.807) is 6.20 Å². The molecule has 4 nitrogen and oxygen atoms in total. The molecule has 0 aromatic carbocycles. The van der Waals surface area contributed by atoms with Crippen LogP contribution in [-0.2, 0) is 0 Å². The lowest BCUT2D eigenvalue weighted by Gasteiger charge is -2.22. The summed E-state index contributed by atoms with van der Waals surface area (Å²) >= 11 is 5.78. The summed E-state index contributed by atoms with van der Waals surface area (Å²) in [5.74, 6) is 0.676. The minimum absolute atomic E-state index is 0.243. The van der Waals surface area contributed by atoms with E-state index in [-0.39, 0.29) is 5.28 Å². The van der Waals surface area contributed by atoms with E-state index in [9.17, 15) is 0 Å². The average molecular weight is 255 g/mol. The summed E-state index contributed by atoms with van der Waals surface area (Å²) in [5.41, 5.74) is 6.40. The van der Waals surface area contributed by atoms with Crippen LogP contribution in [0.25, 0.3) is 0 Å². The number of nitrogens with zero attached hydrogens (tertiary/aromatic N) is 2. The van der Waals surface area contributed by atoms with E-state index >= 15 is 0 Å². The maximum Gasteiger partial charge on any atom is 0.224 e. The van der Waals surface area contributed by atoms with E-state index < -0.39 is 0 Å². The molecule has 17 heavy (non-hydrogen) atoms. The van der Waals surface area contributed by atoms with Gasteiger partial charge in [0, 0.05) is 6.04 Å². The molecule has 2 rings (SSSR count). The van der Waals surface area contributed by atoms with Gasteiger partial charge in [0.1, 0.15) is 0 Å². The molecule has 1 fully saturated rings. The van der Waals surface area contributed by atoms with Crippen LogP contribution in [0.3, 0.4) is 0 Å². The number of hydrogen-bond donors (Lipinski definition) is 2. The van der Waals surface area contributed by atoms with E-state index in [1.807, 2.05) is 0 Å². The molecule has 0 aliphatic heterocycles. The number of nitrogen functional groups attached to an aromatic ring is 1. The molecule has 3 N–H and O–H groups in total. The smallest absolute Gasteiger partial charge is 0.224 e. The van der Waals surface area contributed by atoms with Gasteiger partial charge in [-0.15, -0.1) is 0 Å². The normalized spacial score (nSPS) is 18.4. The van der Waals surface area contributed by atoms with Gasteiger partial charge in [0.25, 0.3) is 0 Å². The maximum atomic E-state index is 5.83. The van der Waals surface area contributed by atoms with Crippen molar-refractivity contribution in [3.05, 3.63) is 11.5 Å². The summed E-state index contributed by atoms with van der Waals surface area (Å²) in [4.78, 5) is 7.99. The minimum Gasteiger partial charge on any atom is -0.394 e. The molecule has 1 aromatic heterocycles. The third-order valence-electron chi connectivity index (χ3n) is 3.23. The molecule has 5 heteroatoms. The summed E-state index contributed by atoms with van der Waals surface area (Å²) in [6.07, 6.45) is 10.5. The predicted molar refractivity (Wildman–Crippen MR) is 71.2 cm³/mol. The van der Waals surface area contributed by atoms with Gasteiger partial charge in [-0.3, -0.25) is 0 Å². The fraction of sp³-hybridized carbons (Fsp3) is 0.667. The van der Waals surface area contributed by atoms with Crippen LogP contribution in [0.1, 0.15) is 44.9 Å². The van der Waals surface area contributed by atoms with Crippen molar-refractivity contribution in [2.45, 2.75) is 51.0 Å². The molecule has 0 bridgehead atoms. The Morgan fingerprint density at radius 3 is 2.53 bits per heavy atom. The van der Waals surface area contributed by atoms with Gasteiger partial charge in [-0.05, 0) is 24.4 Å². The maximum absolute atomic E-state index is 5.83. The molecule has 0 amide bonds. The van der Waals surface area contributed by atoms with Crippen molar-refractivity contribution in [2.75, 3.05) is 11.1 Å². The molecule has 0 saturated heterocycles. The van der Waals surface area contributed by atoms with Gasteiger partial charge in [-0.1, -0.05) is 32.1 Å². The van der Waals surface area contributed by atoms with Crippen molar-refractivity contribution in [1.82, 2.24) is 9.97 Å². The van der Waals surface area contributed by atoms with Crippen molar-refractivity contribution in [2.24, 2.45) is 0 Å². The quantitative estimate of drug-likeness (QED) is 0.796. The molecular weight excluding hydrogens is 236 g/mol. The monoisotopic (exact) mass is 254 g/mol. The minimum atomic E-state index is 0.243. The Kier molecular flexibility index (Phi) is 4.42. The van der Waals surface area contributed by atoms with Gasteiger partial charge < -0.3 is 11.1 Å². The van der Waals surface area contributed by atoms with Crippen molar-refractivity contribution >= 4 is 23.1 Å². The lowest BCUT2D eigenvalue weighted by molar-refractivity contribution is 0.471. The van der Waals surface area contributed by atoms with Crippen LogP contribution in [0.5, 0.6) is 0 Å². The summed E-state index contributed by atoms with van der Waals surface area (Å²) in [6, 6.07) is 0.462. The van der Waals surface area contributed by atoms with Gasteiger partial charge in [0.15, 0.2) is 5.82 Å². The molecule has 0 spiro atoms. The van der Waals surface area contributed by atoms with Crippen LogP contribution in [0, 0.1) is 0 Å². The summed E-state index contributed by atoms with van der Waals surface area (Å²) in [5, 5.41) is 3.64. The predicted octanol–water partition coefficient (Wildman–Crippen LogP) is 3.24. The second kappa shape index (κ2) is 6.05. The average Bonchev–Trinajstić information content (AvgIpc) is 2.27. The van der Waals surface area contributed by atoms with Crippen molar-refractivity contribution in [3.8, 4) is 0 Å². The highest BCUT2D eigenvalue weighted by Crippen LogP contribution is 2.23. The Labute approximate surface area is 107 Å². The Bertz CT molecular complexity index is 362. The van der Waals surface area contributed by atoms with Crippen LogP contribution < -0.4 is 11.1 Å². The highest BCUT2D eigenvalue weighted by molar-refractivity contribution is 6.28. The molecule has 1 aliphatic carbocycles. The first-order valence-corrected chi connectivity index (χ1v) is 6.68. The highest BCUT2D eigenvalue weighted by Gasteiger charge is 2.13. The SMILES string of the molecule is Nc1cnc(Cl)nc1NC1CCCCCCC1. The van der Waals surface area contributed by atoms with Gasteiger partial charge in [-0.2, -0.15) is 4.98 Å². The molecule has 1 heterocycles. The number of nitrogens with two attached hydrogens (primary N) is 1. The van der Waals surface area contributed by atoms with Crippen LogP contribution in [-0.4, -0.2) is 16.0 Å². The van der Waals surface area contributed by atoms with E-state index in [4.69, 9.17) is 17.3 Å². The fourth-order valence-electron chi connectivity index (χ4n) is 2.28. The first-order valence-electron chi connectivity index (χ1n) is 6.30. The standard InChI is InChI=1S/C12H19ClN4/c13-12-15-8-10(14)11(17-12)16-9-6-4-2-1-3-5-7-9/h8-9H,1-7,14H2,(H,15,16,17). The zero-order chi connectivity index (χ0) is 12.1. The topological polar surface area (TPSA) is 63.8 Å². The van der Waals surface area contributed by atoms with Crippen LogP contribution >= 0.6 is 11.6 Å². The second-order valence-corrected chi connectivity index (χ2v) is 4.97. The molecule has 1 saturated carbocycles. The zero-order valence-corrected chi connectivity index (χ0v) is 10.7. The Hall–Kier alpha value is -1.03. The largest absolute Gasteiger partial charge is 0.394 e. The first-order chi connectivity index (χ1) is 8.25. The van der Waals surface area contributed by atoms with E-state index in [0.717, 1.165) is 0 Å². The summed E-state index contributed by atoms with van der Waals surface area (Å²) in [7, 11) is 0. The van der Waals surface area contributed by atoms with Crippen LogP contribution in [0.15, 0.2) is 6.20 Å². The third-order valence-corrected chi connectivity index (χ3v) is 3.42. The molecular formula is C12H19ClN4. The molecule has 0 radical (unpaired) electrons. The van der Waals surface area contributed by atoms with Gasteiger partial charge in [-0.25, -0.2) is 4.98 Å². The molecule has 0 unspecified atom stereocenters. The number of aromatic nitrogens is 2. The number of nitrogens with one attached hydrogen (secondary N) is 1. The lowest BCUT2D eigenvalue weighted by Crippen LogP contribution is -2.22. The van der Waals surface area contributed by atoms with Gasteiger partial charge in [0.05, 0.1) is 11.9 Å². The van der Waals surface area contributed by atoms with E-state index in [0.29, 0.717) is 17.5 Å². The van der Waals surface area contributed by atoms with E-state index in [2.05, 4.69) is 15.3 Å². The Morgan fingerprint density at radius 2 is 1.82 bits per heavy atom. The molecule has 1 aromatic rings.